The first kappa shape index (κ1) is 11.4. The largest absolute Gasteiger partial charge is 0.262 e. The molecule has 2 aromatic heterocycles. The maximum absolute atomic E-state index is 4.64. The van der Waals surface area contributed by atoms with Gasteiger partial charge in [0.25, 0.3) is 0 Å². The van der Waals surface area contributed by atoms with Crippen molar-refractivity contribution in [2.24, 2.45) is 0 Å². The van der Waals surface area contributed by atoms with E-state index in [0.717, 1.165) is 20.3 Å². The number of nitrogens with one attached hydrogen (secondary N) is 1. The Hall–Kier alpha value is -0.680. The second kappa shape index (κ2) is 4.90. The fraction of sp³-hybridized carbons (Fsp3) is 0.500. The summed E-state index contributed by atoms with van der Waals surface area (Å²) in [6.07, 6.45) is 6.53. The van der Waals surface area contributed by atoms with Crippen molar-refractivity contribution in [3.8, 4) is 10.7 Å². The molecular weight excluding hydrogens is 298 g/mol. The minimum Gasteiger partial charge on any atom is -0.262 e. The average Bonchev–Trinajstić information content (AvgIpc) is 2.98. The van der Waals surface area contributed by atoms with E-state index in [9.17, 15) is 0 Å². The molecule has 1 N–H and O–H groups in total. The predicted octanol–water partition coefficient (Wildman–Crippen LogP) is 4.34. The standard InChI is InChI=1S/C12H14BrN3S/c13-10-7-6-9(17-10)12-14-11(15-16-12)8-4-2-1-3-5-8/h6-8H,1-5H2,(H,14,15,16). The third-order valence-electron chi connectivity index (χ3n) is 3.29. The minimum atomic E-state index is 0.591. The summed E-state index contributed by atoms with van der Waals surface area (Å²) in [6, 6.07) is 4.10. The van der Waals surface area contributed by atoms with Gasteiger partial charge in [-0.05, 0) is 40.9 Å². The van der Waals surface area contributed by atoms with Gasteiger partial charge in [0.1, 0.15) is 5.82 Å². The molecule has 90 valence electrons. The molecule has 2 heterocycles. The molecule has 1 aliphatic carbocycles. The zero-order valence-electron chi connectivity index (χ0n) is 9.45. The third-order valence-corrected chi connectivity index (χ3v) is 4.91. The Kier molecular flexibility index (Phi) is 3.29. The van der Waals surface area contributed by atoms with E-state index in [1.807, 2.05) is 6.07 Å². The van der Waals surface area contributed by atoms with Crippen molar-refractivity contribution >= 4 is 27.3 Å². The Bertz CT molecular complexity index is 499. The van der Waals surface area contributed by atoms with Crippen LogP contribution in [0, 0.1) is 0 Å². The molecule has 0 bridgehead atoms. The maximum atomic E-state index is 4.64. The van der Waals surface area contributed by atoms with Crippen LogP contribution >= 0.6 is 27.3 Å². The molecule has 3 rings (SSSR count). The van der Waals surface area contributed by atoms with Crippen LogP contribution in [0.2, 0.25) is 0 Å². The van der Waals surface area contributed by atoms with Crippen molar-refractivity contribution in [3.05, 3.63) is 21.7 Å². The molecule has 0 amide bonds. The van der Waals surface area contributed by atoms with Crippen LogP contribution in [-0.4, -0.2) is 15.2 Å². The summed E-state index contributed by atoms with van der Waals surface area (Å²) >= 11 is 5.14. The van der Waals surface area contributed by atoms with Crippen LogP contribution in [0.3, 0.4) is 0 Å². The highest BCUT2D eigenvalue weighted by Gasteiger charge is 2.19. The number of nitrogens with zero attached hydrogens (tertiary/aromatic N) is 2. The Morgan fingerprint density at radius 2 is 2.06 bits per heavy atom. The zero-order chi connectivity index (χ0) is 11.7. The molecule has 2 aromatic rings. The number of hydrogen-bond donors (Lipinski definition) is 1. The minimum absolute atomic E-state index is 0.591. The van der Waals surface area contributed by atoms with Crippen molar-refractivity contribution in [2.45, 2.75) is 38.0 Å². The van der Waals surface area contributed by atoms with Crippen LogP contribution in [0.4, 0.5) is 0 Å². The zero-order valence-corrected chi connectivity index (χ0v) is 11.9. The van der Waals surface area contributed by atoms with Gasteiger partial charge in [-0.25, -0.2) is 4.98 Å². The number of halogens is 1. The summed E-state index contributed by atoms with van der Waals surface area (Å²) in [4.78, 5) is 5.76. The van der Waals surface area contributed by atoms with Gasteiger partial charge in [-0.15, -0.1) is 11.3 Å². The van der Waals surface area contributed by atoms with Crippen molar-refractivity contribution in [1.82, 2.24) is 15.2 Å². The molecule has 0 atom stereocenters. The number of aromatic amines is 1. The number of H-pyrrole nitrogens is 1. The van der Waals surface area contributed by atoms with E-state index in [0.29, 0.717) is 5.92 Å². The number of aromatic nitrogens is 3. The normalized spacial score (nSPS) is 17.5. The number of thiophene rings is 1. The summed E-state index contributed by atoms with van der Waals surface area (Å²) in [7, 11) is 0. The third kappa shape index (κ3) is 2.45. The van der Waals surface area contributed by atoms with E-state index in [2.05, 4.69) is 37.2 Å². The van der Waals surface area contributed by atoms with Crippen LogP contribution in [0.1, 0.15) is 43.8 Å². The summed E-state index contributed by atoms with van der Waals surface area (Å²) in [5, 5.41) is 7.44. The van der Waals surface area contributed by atoms with Gasteiger partial charge in [0, 0.05) is 5.92 Å². The first-order valence-electron chi connectivity index (χ1n) is 6.01. The molecule has 1 fully saturated rings. The fourth-order valence-electron chi connectivity index (χ4n) is 2.38. The van der Waals surface area contributed by atoms with Crippen molar-refractivity contribution in [3.63, 3.8) is 0 Å². The van der Waals surface area contributed by atoms with Gasteiger partial charge >= 0.3 is 0 Å². The summed E-state index contributed by atoms with van der Waals surface area (Å²) in [5.41, 5.74) is 0. The molecule has 0 aromatic carbocycles. The summed E-state index contributed by atoms with van der Waals surface area (Å²) < 4.78 is 1.12. The van der Waals surface area contributed by atoms with Crippen molar-refractivity contribution in [1.29, 1.82) is 0 Å². The van der Waals surface area contributed by atoms with Crippen LogP contribution in [0.5, 0.6) is 0 Å². The maximum Gasteiger partial charge on any atom is 0.191 e. The first-order valence-corrected chi connectivity index (χ1v) is 7.62. The topological polar surface area (TPSA) is 41.6 Å². The van der Waals surface area contributed by atoms with Gasteiger partial charge in [0.2, 0.25) is 0 Å². The lowest BCUT2D eigenvalue weighted by Gasteiger charge is -2.18. The molecule has 5 heteroatoms. The lowest BCUT2D eigenvalue weighted by atomic mass is 9.89. The Balaban J connectivity index is 1.82. The Labute approximate surface area is 113 Å². The van der Waals surface area contributed by atoms with Gasteiger partial charge in [-0.2, -0.15) is 5.10 Å². The predicted molar refractivity (Wildman–Crippen MR) is 73.2 cm³/mol. The van der Waals surface area contributed by atoms with Gasteiger partial charge in [0.05, 0.1) is 8.66 Å². The summed E-state index contributed by atoms with van der Waals surface area (Å²) in [5.74, 6) is 2.50. The fourth-order valence-corrected chi connectivity index (χ4v) is 3.70. The van der Waals surface area contributed by atoms with Crippen LogP contribution in [0.25, 0.3) is 10.7 Å². The molecule has 1 saturated carbocycles. The van der Waals surface area contributed by atoms with Crippen molar-refractivity contribution in [2.75, 3.05) is 0 Å². The average molecular weight is 312 g/mol. The molecule has 17 heavy (non-hydrogen) atoms. The molecule has 3 nitrogen and oxygen atoms in total. The van der Waals surface area contributed by atoms with E-state index in [1.54, 1.807) is 11.3 Å². The molecule has 0 aliphatic heterocycles. The molecule has 0 spiro atoms. The van der Waals surface area contributed by atoms with Gasteiger partial charge in [0.15, 0.2) is 5.82 Å². The lowest BCUT2D eigenvalue weighted by Crippen LogP contribution is -2.06. The molecule has 0 saturated heterocycles. The molecule has 0 unspecified atom stereocenters. The highest BCUT2D eigenvalue weighted by atomic mass is 79.9. The molecule has 1 aliphatic rings. The van der Waals surface area contributed by atoms with Crippen LogP contribution < -0.4 is 0 Å². The van der Waals surface area contributed by atoms with Gasteiger partial charge in [-0.3, -0.25) is 5.10 Å². The second-order valence-corrected chi connectivity index (χ2v) is 6.95. The van der Waals surface area contributed by atoms with Gasteiger partial charge < -0.3 is 0 Å². The van der Waals surface area contributed by atoms with E-state index < -0.39 is 0 Å². The Morgan fingerprint density at radius 3 is 2.76 bits per heavy atom. The number of hydrogen-bond acceptors (Lipinski definition) is 3. The van der Waals surface area contributed by atoms with E-state index in [4.69, 9.17) is 0 Å². The molecular formula is C12H14BrN3S. The quantitative estimate of drug-likeness (QED) is 0.896. The highest BCUT2D eigenvalue weighted by Crippen LogP contribution is 2.33. The first-order chi connectivity index (χ1) is 8.33. The number of rotatable bonds is 2. The highest BCUT2D eigenvalue weighted by molar-refractivity contribution is 9.11. The second-order valence-electron chi connectivity index (χ2n) is 4.48. The van der Waals surface area contributed by atoms with Crippen molar-refractivity contribution < 1.29 is 0 Å². The monoisotopic (exact) mass is 311 g/mol. The van der Waals surface area contributed by atoms with Crippen LogP contribution in [0.15, 0.2) is 15.9 Å². The van der Waals surface area contributed by atoms with E-state index in [1.165, 1.54) is 32.1 Å². The van der Waals surface area contributed by atoms with E-state index in [-0.39, 0.29) is 0 Å². The molecule has 0 radical (unpaired) electrons. The smallest absolute Gasteiger partial charge is 0.191 e. The SMILES string of the molecule is Brc1ccc(-c2n[nH]c(C3CCCCC3)n2)s1. The summed E-state index contributed by atoms with van der Waals surface area (Å²) in [6.45, 7) is 0. The van der Waals surface area contributed by atoms with Crippen LogP contribution in [-0.2, 0) is 0 Å². The van der Waals surface area contributed by atoms with Gasteiger partial charge in [-0.1, -0.05) is 19.3 Å². The lowest BCUT2D eigenvalue weighted by molar-refractivity contribution is 0.429. The Morgan fingerprint density at radius 1 is 1.24 bits per heavy atom. The van der Waals surface area contributed by atoms with E-state index >= 15 is 0 Å².